The zero-order valence-electron chi connectivity index (χ0n) is 17.7. The highest BCUT2D eigenvalue weighted by atomic mass is 35.5. The predicted octanol–water partition coefficient (Wildman–Crippen LogP) is 3.59. The number of aromatic nitrogens is 3. The Morgan fingerprint density at radius 3 is 2.66 bits per heavy atom. The second-order valence-electron chi connectivity index (χ2n) is 8.56. The van der Waals surface area contributed by atoms with Crippen molar-refractivity contribution < 1.29 is 9.53 Å². The van der Waals surface area contributed by atoms with E-state index >= 15 is 0 Å². The van der Waals surface area contributed by atoms with Crippen molar-refractivity contribution in [3.8, 4) is 5.69 Å². The van der Waals surface area contributed by atoms with Crippen LogP contribution in [-0.4, -0.2) is 56.7 Å². The summed E-state index contributed by atoms with van der Waals surface area (Å²) in [4.78, 5) is 22.0. The quantitative estimate of drug-likeness (QED) is 0.598. The first-order chi connectivity index (χ1) is 15.7. The van der Waals surface area contributed by atoms with Gasteiger partial charge in [-0.1, -0.05) is 41.9 Å². The van der Waals surface area contributed by atoms with Crippen LogP contribution in [0, 0.1) is 0 Å². The molecule has 3 aliphatic heterocycles. The number of likely N-dealkylation sites (tertiary alicyclic amines) is 1. The van der Waals surface area contributed by atoms with E-state index in [0.717, 1.165) is 55.1 Å². The average molecular weight is 450 g/mol. The first kappa shape index (κ1) is 19.9. The molecule has 164 valence electrons. The second-order valence-corrected chi connectivity index (χ2v) is 8.99. The maximum absolute atomic E-state index is 13.1. The number of fused-ring (bicyclic) bond motifs is 5. The van der Waals surface area contributed by atoms with E-state index in [4.69, 9.17) is 26.4 Å². The molecule has 0 spiro atoms. The molecule has 0 bridgehead atoms. The van der Waals surface area contributed by atoms with E-state index in [0.29, 0.717) is 18.2 Å². The van der Waals surface area contributed by atoms with Gasteiger partial charge in [0.25, 0.3) is 5.91 Å². The Hall–Kier alpha value is -2.74. The van der Waals surface area contributed by atoms with E-state index in [9.17, 15) is 4.79 Å². The first-order valence-corrected chi connectivity index (χ1v) is 11.5. The molecule has 0 aliphatic carbocycles. The zero-order chi connectivity index (χ0) is 21.7. The van der Waals surface area contributed by atoms with Crippen molar-refractivity contribution >= 4 is 17.5 Å². The summed E-state index contributed by atoms with van der Waals surface area (Å²) >= 11 is 6.47. The molecule has 1 aromatic heterocycles. The third kappa shape index (κ3) is 2.99. The van der Waals surface area contributed by atoms with Crippen molar-refractivity contribution in [2.24, 2.45) is 0 Å². The highest BCUT2D eigenvalue weighted by Crippen LogP contribution is 2.46. The second kappa shape index (κ2) is 7.69. The van der Waals surface area contributed by atoms with Gasteiger partial charge >= 0.3 is 0 Å². The van der Waals surface area contributed by atoms with Gasteiger partial charge in [0.15, 0.2) is 5.72 Å². The molecule has 1 amide bonds. The Morgan fingerprint density at radius 1 is 1.03 bits per heavy atom. The smallest absolute Gasteiger partial charge is 0.293 e. The van der Waals surface area contributed by atoms with Gasteiger partial charge in [-0.3, -0.25) is 9.69 Å². The lowest BCUT2D eigenvalue weighted by Crippen LogP contribution is -2.42. The number of hydrogen-bond donors (Lipinski definition) is 0. The summed E-state index contributed by atoms with van der Waals surface area (Å²) in [6.07, 6.45) is 3.23. The van der Waals surface area contributed by atoms with Crippen molar-refractivity contribution in [3.05, 3.63) is 76.3 Å². The third-order valence-corrected chi connectivity index (χ3v) is 6.91. The number of rotatable bonds is 2. The minimum Gasteiger partial charge on any atom is -0.350 e. The molecule has 0 radical (unpaired) electrons. The summed E-state index contributed by atoms with van der Waals surface area (Å²) in [5, 5.41) is 5.33. The summed E-state index contributed by atoms with van der Waals surface area (Å²) in [6, 6.07) is 15.9. The Morgan fingerprint density at radius 2 is 1.84 bits per heavy atom. The van der Waals surface area contributed by atoms with E-state index in [2.05, 4.69) is 17.0 Å². The van der Waals surface area contributed by atoms with Crippen LogP contribution in [-0.2, 0) is 17.0 Å². The Bertz CT molecular complexity index is 1170. The maximum atomic E-state index is 13.1. The van der Waals surface area contributed by atoms with Gasteiger partial charge in [-0.15, -0.1) is 5.10 Å². The normalized spacial score (nSPS) is 22.7. The maximum Gasteiger partial charge on any atom is 0.293 e. The number of hydrogen-bond acceptors (Lipinski definition) is 5. The van der Waals surface area contributed by atoms with E-state index in [1.54, 1.807) is 4.68 Å². The summed E-state index contributed by atoms with van der Waals surface area (Å²) in [5.41, 5.74) is 2.01. The molecule has 0 saturated carbocycles. The fraction of sp³-hybridized carbons (Fsp3) is 0.375. The molecule has 6 rings (SSSR count). The monoisotopic (exact) mass is 449 g/mol. The van der Waals surface area contributed by atoms with E-state index in [1.165, 1.54) is 6.42 Å². The van der Waals surface area contributed by atoms with Gasteiger partial charge in [-0.25, -0.2) is 9.67 Å². The topological polar surface area (TPSA) is 63.5 Å². The van der Waals surface area contributed by atoms with Gasteiger partial charge in [-0.2, -0.15) is 0 Å². The van der Waals surface area contributed by atoms with E-state index in [1.807, 2.05) is 41.3 Å². The number of ether oxygens (including phenoxy) is 1. The molecule has 8 heteroatoms. The van der Waals surface area contributed by atoms with Crippen molar-refractivity contribution in [1.29, 1.82) is 0 Å². The van der Waals surface area contributed by atoms with Crippen LogP contribution in [0.5, 0.6) is 0 Å². The van der Waals surface area contributed by atoms with Gasteiger partial charge in [0.05, 0.1) is 18.8 Å². The van der Waals surface area contributed by atoms with Gasteiger partial charge in [0.1, 0.15) is 5.82 Å². The van der Waals surface area contributed by atoms with Gasteiger partial charge in [-0.05, 0) is 37.5 Å². The molecule has 7 nitrogen and oxygen atoms in total. The molecule has 1 unspecified atom stereocenters. The molecular formula is C24H24ClN5O2. The first-order valence-electron chi connectivity index (χ1n) is 11.2. The van der Waals surface area contributed by atoms with E-state index in [-0.39, 0.29) is 11.7 Å². The fourth-order valence-electron chi connectivity index (χ4n) is 5.18. The predicted molar refractivity (Wildman–Crippen MR) is 120 cm³/mol. The molecule has 3 aliphatic rings. The van der Waals surface area contributed by atoms with Crippen LogP contribution < -0.4 is 0 Å². The molecule has 0 N–H and O–H groups in total. The largest absolute Gasteiger partial charge is 0.350 e. The Balaban J connectivity index is 1.51. The Labute approximate surface area is 191 Å². The van der Waals surface area contributed by atoms with Crippen LogP contribution in [0.1, 0.15) is 46.8 Å². The van der Waals surface area contributed by atoms with Crippen LogP contribution in [0.2, 0.25) is 5.02 Å². The average Bonchev–Trinajstić information content (AvgIpc) is 3.43. The number of carbonyl (C=O) groups excluding carboxylic acids is 1. The molecule has 2 saturated heterocycles. The summed E-state index contributed by atoms with van der Waals surface area (Å²) < 4.78 is 8.29. The zero-order valence-corrected chi connectivity index (χ0v) is 18.5. The van der Waals surface area contributed by atoms with Gasteiger partial charge < -0.3 is 9.64 Å². The Kier molecular flexibility index (Phi) is 4.78. The third-order valence-electron chi connectivity index (χ3n) is 6.68. The van der Waals surface area contributed by atoms with Crippen LogP contribution in [0.15, 0.2) is 48.5 Å². The standard InChI is InChI=1S/C24H24ClN5O2/c25-18-9-10-20-19(15-18)24(17-7-3-1-4-8-17)29(13-14-32-24)16-21-26-22(27-30(20)21)23(31)28-11-5-2-6-12-28/h1,3-4,7-10,15H,2,5-6,11-14,16H2. The van der Waals surface area contributed by atoms with Crippen molar-refractivity contribution in [1.82, 2.24) is 24.6 Å². The van der Waals surface area contributed by atoms with Crippen LogP contribution in [0.25, 0.3) is 5.69 Å². The highest BCUT2D eigenvalue weighted by Gasteiger charge is 2.49. The minimum atomic E-state index is -0.777. The summed E-state index contributed by atoms with van der Waals surface area (Å²) in [6.45, 7) is 3.39. The molecule has 2 fully saturated rings. The molecule has 1 atom stereocenters. The number of benzene rings is 2. The van der Waals surface area contributed by atoms with Crippen molar-refractivity contribution in [2.75, 3.05) is 26.2 Å². The van der Waals surface area contributed by atoms with Gasteiger partial charge in [0.2, 0.25) is 5.82 Å². The van der Waals surface area contributed by atoms with E-state index < -0.39 is 5.72 Å². The lowest BCUT2D eigenvalue weighted by Gasteiger charge is -2.37. The van der Waals surface area contributed by atoms with Crippen LogP contribution in [0.3, 0.4) is 0 Å². The number of halogens is 1. The molecular weight excluding hydrogens is 426 g/mol. The SMILES string of the molecule is O=C(c1nc2n(n1)-c1ccc(Cl)cc1C1(c3ccccc3)OCCN1C2)N1CCCCC1. The van der Waals surface area contributed by atoms with Crippen molar-refractivity contribution in [3.63, 3.8) is 0 Å². The number of carbonyl (C=O) groups is 1. The molecule has 4 heterocycles. The van der Waals surface area contributed by atoms with Gasteiger partial charge in [0, 0.05) is 35.8 Å². The number of nitrogens with zero attached hydrogens (tertiary/aromatic N) is 5. The fourth-order valence-corrected chi connectivity index (χ4v) is 5.35. The van der Waals surface area contributed by atoms with Crippen molar-refractivity contribution in [2.45, 2.75) is 31.5 Å². The number of amides is 1. The summed E-state index contributed by atoms with van der Waals surface area (Å²) in [5.74, 6) is 0.903. The highest BCUT2D eigenvalue weighted by molar-refractivity contribution is 6.30. The summed E-state index contributed by atoms with van der Waals surface area (Å²) in [7, 11) is 0. The lowest BCUT2D eigenvalue weighted by molar-refractivity contribution is -0.0551. The lowest BCUT2D eigenvalue weighted by atomic mass is 9.92. The van der Waals surface area contributed by atoms with Crippen LogP contribution >= 0.6 is 11.6 Å². The minimum absolute atomic E-state index is 0.0900. The molecule has 32 heavy (non-hydrogen) atoms. The molecule has 2 aromatic carbocycles. The number of piperidine rings is 1. The molecule has 3 aromatic rings. The van der Waals surface area contributed by atoms with Crippen LogP contribution in [0.4, 0.5) is 0 Å².